The number of aryl methyl sites for hydroxylation is 2. The molecule has 33 heavy (non-hydrogen) atoms. The van der Waals surface area contributed by atoms with Crippen LogP contribution in [0, 0.1) is 13.8 Å². The lowest BCUT2D eigenvalue weighted by atomic mass is 9.94. The molecule has 2 aromatic rings. The molecule has 1 aromatic carbocycles. The summed E-state index contributed by atoms with van der Waals surface area (Å²) in [7, 11) is 3.04. The average molecular weight is 474 g/mol. The Morgan fingerprint density at radius 1 is 1.21 bits per heavy atom. The normalized spacial score (nSPS) is 16.2. The number of carbonyl (C=O) groups is 2. The first kappa shape index (κ1) is 24.7. The fourth-order valence-electron chi connectivity index (χ4n) is 4.22. The molecule has 0 spiro atoms. The standard InChI is InChI=1S/C24H31N3O5S/c1-7-26(8-2)12-13-27-19(16-10-9-11-17(31-5)22(16)32-6)18(21(29)24(27)30)20(28)23-14(3)25-15(4)33-23/h9-11,19,29H,7-8,12-13H2,1-6H3. The number of benzene rings is 1. The van der Waals surface area contributed by atoms with Gasteiger partial charge in [0.25, 0.3) is 5.91 Å². The maximum Gasteiger partial charge on any atom is 0.290 e. The van der Waals surface area contributed by atoms with E-state index in [2.05, 4.69) is 23.7 Å². The molecule has 3 rings (SSSR count). The molecule has 178 valence electrons. The number of hydrogen-bond donors (Lipinski definition) is 1. The number of thiazole rings is 1. The van der Waals surface area contributed by atoms with Crippen molar-refractivity contribution in [3.8, 4) is 11.5 Å². The minimum atomic E-state index is -0.813. The second-order valence-corrected chi connectivity index (χ2v) is 8.95. The Morgan fingerprint density at radius 2 is 1.91 bits per heavy atom. The zero-order valence-electron chi connectivity index (χ0n) is 20.0. The van der Waals surface area contributed by atoms with E-state index in [9.17, 15) is 14.7 Å². The van der Waals surface area contributed by atoms with Crippen LogP contribution in [-0.2, 0) is 4.79 Å². The minimum absolute atomic E-state index is 0.0397. The molecule has 2 heterocycles. The molecule has 8 nitrogen and oxygen atoms in total. The molecule has 1 amide bonds. The van der Waals surface area contributed by atoms with Crippen LogP contribution in [0.25, 0.3) is 0 Å². The third-order valence-electron chi connectivity index (χ3n) is 5.94. The Kier molecular flexibility index (Phi) is 7.76. The molecule has 1 aliphatic rings. The van der Waals surface area contributed by atoms with Crippen molar-refractivity contribution in [1.82, 2.24) is 14.8 Å². The van der Waals surface area contributed by atoms with E-state index >= 15 is 0 Å². The van der Waals surface area contributed by atoms with Crippen LogP contribution in [0.15, 0.2) is 29.5 Å². The summed E-state index contributed by atoms with van der Waals surface area (Å²) >= 11 is 1.25. The SMILES string of the molecule is CCN(CC)CCN1C(=O)C(O)=C(C(=O)c2sc(C)nc2C)C1c1cccc(OC)c1OC. The van der Waals surface area contributed by atoms with Crippen molar-refractivity contribution < 1.29 is 24.2 Å². The maximum atomic E-state index is 13.7. The van der Waals surface area contributed by atoms with Crippen molar-refractivity contribution >= 4 is 23.0 Å². The molecule has 1 aromatic heterocycles. The molecule has 1 atom stereocenters. The number of para-hydroxylation sites is 1. The number of Topliss-reactive ketones (excluding diaryl/α,β-unsaturated/α-hetero) is 1. The van der Waals surface area contributed by atoms with Crippen LogP contribution in [-0.4, -0.2) is 72.0 Å². The first-order valence-electron chi connectivity index (χ1n) is 10.9. The fourth-order valence-corrected chi connectivity index (χ4v) is 5.09. The second-order valence-electron chi connectivity index (χ2n) is 7.75. The highest BCUT2D eigenvalue weighted by Crippen LogP contribution is 2.45. The monoisotopic (exact) mass is 473 g/mol. The Labute approximate surface area is 198 Å². The van der Waals surface area contributed by atoms with E-state index in [0.717, 1.165) is 18.1 Å². The number of aliphatic hydroxyl groups excluding tert-OH is 1. The lowest BCUT2D eigenvalue weighted by Gasteiger charge is -2.30. The Balaban J connectivity index is 2.15. The molecule has 0 saturated carbocycles. The fraction of sp³-hybridized carbons (Fsp3) is 0.458. The van der Waals surface area contributed by atoms with Crippen molar-refractivity contribution in [1.29, 1.82) is 0 Å². The van der Waals surface area contributed by atoms with Gasteiger partial charge in [-0.1, -0.05) is 26.0 Å². The average Bonchev–Trinajstić information content (AvgIpc) is 3.28. The molecule has 1 unspecified atom stereocenters. The minimum Gasteiger partial charge on any atom is -0.503 e. The van der Waals surface area contributed by atoms with E-state index in [4.69, 9.17) is 9.47 Å². The third kappa shape index (κ3) is 4.60. The van der Waals surface area contributed by atoms with Crippen molar-refractivity contribution in [2.24, 2.45) is 0 Å². The maximum absolute atomic E-state index is 13.7. The number of hydrogen-bond acceptors (Lipinski definition) is 8. The summed E-state index contributed by atoms with van der Waals surface area (Å²) in [4.78, 5) is 35.4. The molecular weight excluding hydrogens is 442 g/mol. The van der Waals surface area contributed by atoms with E-state index in [0.29, 0.717) is 40.7 Å². The van der Waals surface area contributed by atoms with E-state index < -0.39 is 23.5 Å². The van der Waals surface area contributed by atoms with Crippen molar-refractivity contribution in [3.05, 3.63) is 50.7 Å². The first-order chi connectivity index (χ1) is 15.8. The number of ether oxygens (including phenoxy) is 2. The predicted molar refractivity (Wildman–Crippen MR) is 127 cm³/mol. The number of methoxy groups -OCH3 is 2. The van der Waals surface area contributed by atoms with Crippen LogP contribution in [0.3, 0.4) is 0 Å². The summed E-state index contributed by atoms with van der Waals surface area (Å²) in [5.41, 5.74) is 1.20. The molecule has 9 heteroatoms. The second kappa shape index (κ2) is 10.4. The number of amides is 1. The number of likely N-dealkylation sites (N-methyl/N-ethyl adjacent to an activating group) is 1. The summed E-state index contributed by atoms with van der Waals surface area (Å²) in [6.45, 7) is 10.3. The van der Waals surface area contributed by atoms with Crippen LogP contribution in [0.5, 0.6) is 11.5 Å². The topological polar surface area (TPSA) is 92.2 Å². The van der Waals surface area contributed by atoms with Crippen LogP contribution < -0.4 is 9.47 Å². The largest absolute Gasteiger partial charge is 0.503 e. The molecule has 0 saturated heterocycles. The molecule has 0 bridgehead atoms. The summed E-state index contributed by atoms with van der Waals surface area (Å²) in [5.74, 6) is -0.597. The lowest BCUT2D eigenvalue weighted by Crippen LogP contribution is -2.38. The van der Waals surface area contributed by atoms with Crippen LogP contribution >= 0.6 is 11.3 Å². The van der Waals surface area contributed by atoms with Gasteiger partial charge in [-0.2, -0.15) is 0 Å². The zero-order valence-corrected chi connectivity index (χ0v) is 20.8. The molecule has 1 N–H and O–H groups in total. The third-order valence-corrected chi connectivity index (χ3v) is 7.01. The number of carbonyl (C=O) groups excluding carboxylic acids is 2. The number of aromatic nitrogens is 1. The van der Waals surface area contributed by atoms with Crippen LogP contribution in [0.2, 0.25) is 0 Å². The van der Waals surface area contributed by atoms with Crippen molar-refractivity contribution in [3.63, 3.8) is 0 Å². The summed E-state index contributed by atoms with van der Waals surface area (Å²) in [6.07, 6.45) is 0. The highest BCUT2D eigenvalue weighted by atomic mass is 32.1. The molecule has 1 aliphatic heterocycles. The lowest BCUT2D eigenvalue weighted by molar-refractivity contribution is -0.129. The van der Waals surface area contributed by atoms with Gasteiger partial charge in [0.2, 0.25) is 5.78 Å². The summed E-state index contributed by atoms with van der Waals surface area (Å²) in [6, 6.07) is 4.51. The van der Waals surface area contributed by atoms with Gasteiger partial charge in [-0.05, 0) is 33.0 Å². The van der Waals surface area contributed by atoms with Gasteiger partial charge in [-0.3, -0.25) is 9.59 Å². The Bertz CT molecular complexity index is 1070. The summed E-state index contributed by atoms with van der Waals surface area (Å²) < 4.78 is 11.1. The summed E-state index contributed by atoms with van der Waals surface area (Å²) in [5, 5.41) is 11.7. The zero-order chi connectivity index (χ0) is 24.3. The van der Waals surface area contributed by atoms with Gasteiger partial charge >= 0.3 is 0 Å². The van der Waals surface area contributed by atoms with Crippen molar-refractivity contribution in [2.75, 3.05) is 40.4 Å². The first-order valence-corrected chi connectivity index (χ1v) is 11.8. The molecule has 0 aliphatic carbocycles. The van der Waals surface area contributed by atoms with Gasteiger partial charge in [-0.25, -0.2) is 4.98 Å². The van der Waals surface area contributed by atoms with E-state index in [1.165, 1.54) is 25.6 Å². The number of ketones is 1. The molecule has 0 fully saturated rings. The molecule has 0 radical (unpaired) electrons. The Hall–Kier alpha value is -2.91. The molecular formula is C24H31N3O5S. The smallest absolute Gasteiger partial charge is 0.290 e. The number of rotatable bonds is 10. The van der Waals surface area contributed by atoms with Crippen molar-refractivity contribution in [2.45, 2.75) is 33.7 Å². The van der Waals surface area contributed by atoms with E-state index in [-0.39, 0.29) is 5.57 Å². The van der Waals surface area contributed by atoms with Gasteiger partial charge in [0.05, 0.1) is 41.4 Å². The van der Waals surface area contributed by atoms with E-state index in [1.54, 1.807) is 30.0 Å². The highest BCUT2D eigenvalue weighted by Gasteiger charge is 2.45. The van der Waals surface area contributed by atoms with Crippen LogP contribution in [0.1, 0.15) is 45.8 Å². The van der Waals surface area contributed by atoms with Gasteiger partial charge < -0.3 is 24.4 Å². The number of nitrogens with zero attached hydrogens (tertiary/aromatic N) is 3. The quantitative estimate of drug-likeness (QED) is 0.526. The number of aliphatic hydroxyl groups is 1. The van der Waals surface area contributed by atoms with E-state index in [1.807, 2.05) is 6.92 Å². The van der Waals surface area contributed by atoms with Gasteiger partial charge in [0, 0.05) is 18.7 Å². The highest BCUT2D eigenvalue weighted by molar-refractivity contribution is 7.14. The Morgan fingerprint density at radius 3 is 2.45 bits per heavy atom. The predicted octanol–water partition coefficient (Wildman–Crippen LogP) is 3.70. The van der Waals surface area contributed by atoms with Gasteiger partial charge in [0.15, 0.2) is 17.3 Å². The van der Waals surface area contributed by atoms with Gasteiger partial charge in [-0.15, -0.1) is 11.3 Å². The van der Waals surface area contributed by atoms with Gasteiger partial charge in [0.1, 0.15) is 0 Å². The van der Waals surface area contributed by atoms with Crippen LogP contribution in [0.4, 0.5) is 0 Å².